The summed E-state index contributed by atoms with van der Waals surface area (Å²) >= 11 is 1.06. The number of hydrogen-bond donors (Lipinski definition) is 1. The number of methoxy groups -OCH3 is 1. The van der Waals surface area contributed by atoms with Gasteiger partial charge in [-0.2, -0.15) is 0 Å². The van der Waals surface area contributed by atoms with Gasteiger partial charge in [0.25, 0.3) is 11.2 Å². The molecule has 2 heterocycles. The quantitative estimate of drug-likeness (QED) is 0.316. The van der Waals surface area contributed by atoms with Crippen LogP contribution in [0.25, 0.3) is 11.8 Å². The molecule has 0 saturated carbocycles. The predicted octanol–water partition coefficient (Wildman–Crippen LogP) is 2.53. The van der Waals surface area contributed by atoms with E-state index in [1.165, 1.54) is 29.9 Å². The Morgan fingerprint density at radius 2 is 2.06 bits per heavy atom. The molecule has 1 aliphatic rings. The van der Waals surface area contributed by atoms with E-state index in [9.17, 15) is 24.8 Å². The highest BCUT2D eigenvalue weighted by Crippen LogP contribution is 2.36. The van der Waals surface area contributed by atoms with Crippen LogP contribution in [0.3, 0.4) is 0 Å². The summed E-state index contributed by atoms with van der Waals surface area (Å²) in [6.45, 7) is 3.43. The maximum atomic E-state index is 13.3. The Labute approximate surface area is 202 Å². The van der Waals surface area contributed by atoms with Crippen molar-refractivity contribution in [2.24, 2.45) is 4.99 Å². The number of carbonyl (C=O) groups excluding carboxylic acids is 1. The van der Waals surface area contributed by atoms with Gasteiger partial charge in [0, 0.05) is 11.8 Å². The molecule has 0 fully saturated rings. The summed E-state index contributed by atoms with van der Waals surface area (Å²) in [7, 11) is 1.41. The number of rotatable bonds is 6. The van der Waals surface area contributed by atoms with Crippen molar-refractivity contribution in [3.8, 4) is 11.5 Å². The maximum absolute atomic E-state index is 13.3. The number of phenolic OH excluding ortho intramolecular Hbond substituents is 1. The van der Waals surface area contributed by atoms with Crippen LogP contribution in [-0.4, -0.2) is 34.3 Å². The minimum absolute atomic E-state index is 0.0696. The molecule has 0 saturated heterocycles. The highest BCUT2D eigenvalue weighted by atomic mass is 32.1. The summed E-state index contributed by atoms with van der Waals surface area (Å²) in [5.41, 5.74) is 0.763. The smallest absolute Gasteiger partial charge is 0.338 e. The van der Waals surface area contributed by atoms with E-state index in [2.05, 4.69) is 4.99 Å². The molecular weight excluding hydrogens is 474 g/mol. The number of phenols is 1. The number of carbonyl (C=O) groups is 1. The standard InChI is InChI=1S/C24H21N3O7S/c1-4-34-23(30)20-13(2)26-22(29)19(12-14-7-5-6-8-16(14)27(31)32)35-24(26)25-21(20)15-9-10-17(28)18(11-15)33-3/h5-12,21,28H,4H2,1-3H3/b19-12+/t21-/m0/s1. The molecule has 10 nitrogen and oxygen atoms in total. The molecule has 0 aliphatic carbocycles. The molecule has 0 unspecified atom stereocenters. The molecule has 1 N–H and O–H groups in total. The summed E-state index contributed by atoms with van der Waals surface area (Å²) in [6, 6.07) is 9.90. The average molecular weight is 496 g/mol. The molecule has 35 heavy (non-hydrogen) atoms. The van der Waals surface area contributed by atoms with Crippen LogP contribution in [0.2, 0.25) is 0 Å². The molecule has 3 aromatic rings. The molecule has 1 aliphatic heterocycles. The lowest BCUT2D eigenvalue weighted by Gasteiger charge is -2.22. The van der Waals surface area contributed by atoms with Crippen molar-refractivity contribution in [1.82, 2.24) is 4.57 Å². The first-order chi connectivity index (χ1) is 16.8. The van der Waals surface area contributed by atoms with Crippen molar-refractivity contribution in [2.45, 2.75) is 19.9 Å². The lowest BCUT2D eigenvalue weighted by Crippen LogP contribution is -2.35. The number of aromatic nitrogens is 1. The number of esters is 1. The van der Waals surface area contributed by atoms with Crippen LogP contribution < -0.4 is 19.6 Å². The first-order valence-electron chi connectivity index (χ1n) is 10.6. The number of nitrogens with zero attached hydrogens (tertiary/aromatic N) is 3. The Bertz CT molecular complexity index is 1550. The van der Waals surface area contributed by atoms with Crippen LogP contribution >= 0.6 is 11.3 Å². The van der Waals surface area contributed by atoms with Gasteiger partial charge in [0.15, 0.2) is 16.3 Å². The number of para-hydroxylation sites is 1. The van der Waals surface area contributed by atoms with Gasteiger partial charge in [-0.15, -0.1) is 0 Å². The molecule has 1 aromatic heterocycles. The van der Waals surface area contributed by atoms with E-state index in [0.29, 0.717) is 16.1 Å². The van der Waals surface area contributed by atoms with Gasteiger partial charge in [0.05, 0.1) is 34.3 Å². The normalized spacial score (nSPS) is 15.4. The zero-order chi connectivity index (χ0) is 25.3. The van der Waals surface area contributed by atoms with Gasteiger partial charge in [0.1, 0.15) is 6.04 Å². The molecule has 0 amide bonds. The molecule has 4 rings (SSSR count). The van der Waals surface area contributed by atoms with E-state index < -0.39 is 22.5 Å². The van der Waals surface area contributed by atoms with Crippen LogP contribution in [0.1, 0.15) is 31.0 Å². The monoisotopic (exact) mass is 495 g/mol. The van der Waals surface area contributed by atoms with Gasteiger partial charge in [0.2, 0.25) is 0 Å². The van der Waals surface area contributed by atoms with E-state index >= 15 is 0 Å². The minimum Gasteiger partial charge on any atom is -0.504 e. The topological polar surface area (TPSA) is 133 Å². The first-order valence-corrected chi connectivity index (χ1v) is 11.4. The molecule has 180 valence electrons. The Morgan fingerprint density at radius 1 is 1.31 bits per heavy atom. The van der Waals surface area contributed by atoms with Crippen molar-refractivity contribution in [2.75, 3.05) is 13.7 Å². The van der Waals surface area contributed by atoms with E-state index in [1.54, 1.807) is 44.2 Å². The third-order valence-corrected chi connectivity index (χ3v) is 6.46. The highest BCUT2D eigenvalue weighted by molar-refractivity contribution is 7.07. The Morgan fingerprint density at radius 3 is 2.74 bits per heavy atom. The van der Waals surface area contributed by atoms with E-state index in [1.807, 2.05) is 0 Å². The van der Waals surface area contributed by atoms with Crippen LogP contribution in [0.4, 0.5) is 5.69 Å². The Kier molecular flexibility index (Phi) is 6.52. The molecule has 11 heteroatoms. The second-order valence-corrected chi connectivity index (χ2v) is 8.54. The fourth-order valence-corrected chi connectivity index (χ4v) is 4.87. The predicted molar refractivity (Wildman–Crippen MR) is 129 cm³/mol. The van der Waals surface area contributed by atoms with Gasteiger partial charge in [-0.3, -0.25) is 19.5 Å². The van der Waals surface area contributed by atoms with Crippen LogP contribution in [-0.2, 0) is 9.53 Å². The molecule has 1 atom stereocenters. The van der Waals surface area contributed by atoms with Crippen molar-refractivity contribution >= 4 is 34.8 Å². The Hall–Kier alpha value is -4.25. The van der Waals surface area contributed by atoms with Crippen molar-refractivity contribution in [3.05, 3.63) is 89.0 Å². The minimum atomic E-state index is -0.819. The van der Waals surface area contributed by atoms with E-state index in [0.717, 1.165) is 11.3 Å². The van der Waals surface area contributed by atoms with E-state index in [-0.39, 0.29) is 39.5 Å². The molecule has 0 spiro atoms. The summed E-state index contributed by atoms with van der Waals surface area (Å²) < 4.78 is 12.0. The van der Waals surface area contributed by atoms with Gasteiger partial charge in [-0.25, -0.2) is 9.79 Å². The average Bonchev–Trinajstić information content (AvgIpc) is 3.14. The highest BCUT2D eigenvalue weighted by Gasteiger charge is 2.32. The third-order valence-electron chi connectivity index (χ3n) is 5.48. The number of fused-ring (bicyclic) bond motifs is 1. The summed E-state index contributed by atoms with van der Waals surface area (Å²) in [5, 5.41) is 21.4. The fourth-order valence-electron chi connectivity index (χ4n) is 3.84. The fraction of sp³-hybridized carbons (Fsp3) is 0.208. The number of benzene rings is 2. The zero-order valence-corrected chi connectivity index (χ0v) is 19.9. The molecule has 2 aromatic carbocycles. The van der Waals surface area contributed by atoms with Crippen molar-refractivity contribution in [3.63, 3.8) is 0 Å². The van der Waals surface area contributed by atoms with Gasteiger partial charge < -0.3 is 14.6 Å². The summed E-state index contributed by atoms with van der Waals surface area (Å²) in [6.07, 6.45) is 1.45. The molecule has 0 bridgehead atoms. The Balaban J connectivity index is 1.98. The largest absolute Gasteiger partial charge is 0.504 e. The lowest BCUT2D eigenvalue weighted by atomic mass is 9.96. The number of ether oxygens (including phenoxy) is 2. The number of allylic oxidation sites excluding steroid dienone is 1. The second kappa shape index (κ2) is 9.55. The number of nitro benzene ring substituents is 1. The summed E-state index contributed by atoms with van der Waals surface area (Å²) in [4.78, 5) is 42.1. The SMILES string of the molecule is CCOC(=O)C1=C(C)n2c(s/c(=C/c3ccccc3[N+](=O)[O-])c2=O)=N[C@H]1c1ccc(O)c(OC)c1. The van der Waals surface area contributed by atoms with Crippen LogP contribution in [0.5, 0.6) is 11.5 Å². The maximum Gasteiger partial charge on any atom is 0.338 e. The number of thiazole rings is 1. The number of aromatic hydroxyl groups is 1. The summed E-state index contributed by atoms with van der Waals surface area (Å²) in [5.74, 6) is -0.489. The third kappa shape index (κ3) is 4.33. The van der Waals surface area contributed by atoms with Gasteiger partial charge in [-0.1, -0.05) is 29.5 Å². The van der Waals surface area contributed by atoms with Crippen LogP contribution in [0, 0.1) is 10.1 Å². The molecular formula is C24H21N3O7S. The number of nitro groups is 1. The molecule has 0 radical (unpaired) electrons. The van der Waals surface area contributed by atoms with E-state index in [4.69, 9.17) is 9.47 Å². The lowest BCUT2D eigenvalue weighted by molar-refractivity contribution is -0.385. The zero-order valence-electron chi connectivity index (χ0n) is 19.0. The first kappa shape index (κ1) is 23.9. The second-order valence-electron chi connectivity index (χ2n) is 7.53. The number of hydrogen-bond acceptors (Lipinski definition) is 9. The van der Waals surface area contributed by atoms with Crippen molar-refractivity contribution < 1.29 is 24.3 Å². The van der Waals surface area contributed by atoms with Gasteiger partial charge in [-0.05, 0) is 43.7 Å². The van der Waals surface area contributed by atoms with Gasteiger partial charge >= 0.3 is 5.97 Å². The van der Waals surface area contributed by atoms with Crippen LogP contribution in [0.15, 0.2) is 57.8 Å². The van der Waals surface area contributed by atoms with Crippen molar-refractivity contribution in [1.29, 1.82) is 0 Å².